The first-order valence-electron chi connectivity index (χ1n) is 7.85. The standard InChI is InChI=1S/C18H20FN3O/c1-21-9-11-22(12-10-21)17-8-3-2-7-16(17)20-18(23)14-5-4-6-15(19)13-14/h2-8,13H,9-12H2,1H3,(H,20,23)/p+1. The summed E-state index contributed by atoms with van der Waals surface area (Å²) in [6, 6.07) is 13.5. The third-order valence-corrected chi connectivity index (χ3v) is 4.20. The second-order valence-electron chi connectivity index (χ2n) is 5.93. The van der Waals surface area contributed by atoms with Crippen LogP contribution in [0.2, 0.25) is 0 Å². The van der Waals surface area contributed by atoms with Gasteiger partial charge in [0.1, 0.15) is 5.82 Å². The molecule has 4 nitrogen and oxygen atoms in total. The second-order valence-corrected chi connectivity index (χ2v) is 5.93. The number of benzene rings is 2. The smallest absolute Gasteiger partial charge is 0.255 e. The molecular formula is C18H21FN3O+. The SMILES string of the molecule is C[NH+]1CCN(c2ccccc2NC(=O)c2cccc(F)c2)CC1. The molecule has 2 aromatic carbocycles. The molecule has 1 aliphatic heterocycles. The van der Waals surface area contributed by atoms with E-state index in [9.17, 15) is 9.18 Å². The monoisotopic (exact) mass is 314 g/mol. The summed E-state index contributed by atoms with van der Waals surface area (Å²) in [4.78, 5) is 16.2. The number of nitrogens with zero attached hydrogens (tertiary/aromatic N) is 1. The maximum atomic E-state index is 13.3. The minimum atomic E-state index is -0.409. The molecule has 0 spiro atoms. The van der Waals surface area contributed by atoms with E-state index in [0.717, 1.165) is 37.6 Å². The van der Waals surface area contributed by atoms with E-state index in [1.54, 1.807) is 12.1 Å². The largest absolute Gasteiger partial charge is 0.359 e. The van der Waals surface area contributed by atoms with Gasteiger partial charge in [0.05, 0.1) is 44.6 Å². The molecule has 0 radical (unpaired) electrons. The van der Waals surface area contributed by atoms with Crippen LogP contribution in [0.3, 0.4) is 0 Å². The Labute approximate surface area is 135 Å². The number of hydrogen-bond donors (Lipinski definition) is 2. The van der Waals surface area contributed by atoms with E-state index in [2.05, 4.69) is 17.3 Å². The fourth-order valence-electron chi connectivity index (χ4n) is 2.81. The lowest BCUT2D eigenvalue weighted by Gasteiger charge is -2.33. The molecule has 0 bridgehead atoms. The van der Waals surface area contributed by atoms with Gasteiger partial charge in [-0.05, 0) is 30.3 Å². The molecule has 120 valence electrons. The van der Waals surface area contributed by atoms with Gasteiger partial charge in [-0.1, -0.05) is 18.2 Å². The van der Waals surface area contributed by atoms with Crippen molar-refractivity contribution in [3.8, 4) is 0 Å². The predicted octanol–water partition coefficient (Wildman–Crippen LogP) is 1.41. The topological polar surface area (TPSA) is 36.8 Å². The Kier molecular flexibility index (Phi) is 4.57. The van der Waals surface area contributed by atoms with Gasteiger partial charge in [-0.2, -0.15) is 0 Å². The molecule has 0 aromatic heterocycles. The van der Waals surface area contributed by atoms with Crippen LogP contribution in [0, 0.1) is 5.82 Å². The highest BCUT2D eigenvalue weighted by atomic mass is 19.1. The minimum Gasteiger partial charge on any atom is -0.359 e. The summed E-state index contributed by atoms with van der Waals surface area (Å²) in [7, 11) is 2.19. The van der Waals surface area contributed by atoms with Crippen LogP contribution in [0.1, 0.15) is 10.4 Å². The summed E-state index contributed by atoms with van der Waals surface area (Å²) in [5.41, 5.74) is 2.11. The average Bonchev–Trinajstić information content (AvgIpc) is 2.56. The molecule has 1 fully saturated rings. The number of anilines is 2. The van der Waals surface area contributed by atoms with E-state index in [-0.39, 0.29) is 5.91 Å². The quantitative estimate of drug-likeness (QED) is 0.899. The molecule has 0 atom stereocenters. The molecule has 2 N–H and O–H groups in total. The summed E-state index contributed by atoms with van der Waals surface area (Å²) >= 11 is 0. The highest BCUT2D eigenvalue weighted by molar-refractivity contribution is 6.05. The first-order chi connectivity index (χ1) is 11.1. The number of hydrogen-bond acceptors (Lipinski definition) is 2. The molecule has 3 rings (SSSR count). The van der Waals surface area contributed by atoms with Crippen LogP contribution in [-0.2, 0) is 0 Å². The number of para-hydroxylation sites is 2. The van der Waals surface area contributed by atoms with Gasteiger partial charge in [0.25, 0.3) is 5.91 Å². The molecule has 0 saturated carbocycles. The minimum absolute atomic E-state index is 0.295. The van der Waals surface area contributed by atoms with Crippen molar-refractivity contribution in [2.24, 2.45) is 0 Å². The van der Waals surface area contributed by atoms with Crippen molar-refractivity contribution in [1.82, 2.24) is 0 Å². The zero-order valence-corrected chi connectivity index (χ0v) is 13.2. The van der Waals surface area contributed by atoms with E-state index in [1.807, 2.05) is 24.3 Å². The number of amides is 1. The highest BCUT2D eigenvalue weighted by Crippen LogP contribution is 2.26. The van der Waals surface area contributed by atoms with Gasteiger partial charge in [0.15, 0.2) is 0 Å². The third kappa shape index (κ3) is 3.68. The average molecular weight is 314 g/mol. The Morgan fingerprint density at radius 3 is 2.61 bits per heavy atom. The molecule has 1 aliphatic rings. The van der Waals surface area contributed by atoms with E-state index < -0.39 is 5.82 Å². The summed E-state index contributed by atoms with van der Waals surface area (Å²) < 4.78 is 13.3. The fraction of sp³-hybridized carbons (Fsp3) is 0.278. The Balaban J connectivity index is 1.79. The number of nitrogens with one attached hydrogen (secondary N) is 2. The van der Waals surface area contributed by atoms with Crippen LogP contribution in [0.4, 0.5) is 15.8 Å². The van der Waals surface area contributed by atoms with Gasteiger partial charge in [-0.25, -0.2) is 4.39 Å². The molecular weight excluding hydrogens is 293 g/mol. The number of quaternary nitrogens is 1. The second kappa shape index (κ2) is 6.79. The molecule has 1 saturated heterocycles. The molecule has 0 unspecified atom stereocenters. The highest BCUT2D eigenvalue weighted by Gasteiger charge is 2.20. The molecule has 1 heterocycles. The molecule has 2 aromatic rings. The van der Waals surface area contributed by atoms with E-state index in [4.69, 9.17) is 0 Å². The van der Waals surface area contributed by atoms with Gasteiger partial charge >= 0.3 is 0 Å². The summed E-state index contributed by atoms with van der Waals surface area (Å²) in [6.07, 6.45) is 0. The lowest BCUT2D eigenvalue weighted by Crippen LogP contribution is -3.12. The van der Waals surface area contributed by atoms with Crippen molar-refractivity contribution in [2.45, 2.75) is 0 Å². The van der Waals surface area contributed by atoms with Crippen LogP contribution in [0.5, 0.6) is 0 Å². The van der Waals surface area contributed by atoms with Crippen LogP contribution in [0.25, 0.3) is 0 Å². The zero-order chi connectivity index (χ0) is 16.2. The Bertz CT molecular complexity index is 696. The van der Waals surface area contributed by atoms with Crippen LogP contribution < -0.4 is 15.1 Å². The number of carbonyl (C=O) groups excluding carboxylic acids is 1. The zero-order valence-electron chi connectivity index (χ0n) is 13.2. The molecule has 1 amide bonds. The van der Waals surface area contributed by atoms with Gasteiger partial charge in [-0.3, -0.25) is 4.79 Å². The summed E-state index contributed by atoms with van der Waals surface area (Å²) in [6.45, 7) is 4.07. The van der Waals surface area contributed by atoms with E-state index in [0.29, 0.717) is 5.56 Å². The first-order valence-corrected chi connectivity index (χ1v) is 7.85. The number of halogens is 1. The Hall–Kier alpha value is -2.40. The Morgan fingerprint density at radius 1 is 1.13 bits per heavy atom. The summed E-state index contributed by atoms with van der Waals surface area (Å²) in [5.74, 6) is -0.704. The Morgan fingerprint density at radius 2 is 1.87 bits per heavy atom. The summed E-state index contributed by atoms with van der Waals surface area (Å²) in [5, 5.41) is 2.91. The third-order valence-electron chi connectivity index (χ3n) is 4.20. The normalized spacial score (nSPS) is 15.5. The van der Waals surface area contributed by atoms with Gasteiger partial charge in [0, 0.05) is 5.56 Å². The van der Waals surface area contributed by atoms with Gasteiger partial charge in [0.2, 0.25) is 0 Å². The maximum Gasteiger partial charge on any atom is 0.255 e. The van der Waals surface area contributed by atoms with Crippen molar-refractivity contribution in [1.29, 1.82) is 0 Å². The van der Waals surface area contributed by atoms with E-state index in [1.165, 1.54) is 17.0 Å². The lowest BCUT2D eigenvalue weighted by molar-refractivity contribution is -0.880. The predicted molar refractivity (Wildman–Crippen MR) is 89.6 cm³/mol. The van der Waals surface area contributed by atoms with Crippen molar-refractivity contribution in [3.05, 3.63) is 59.9 Å². The van der Waals surface area contributed by atoms with Crippen molar-refractivity contribution in [2.75, 3.05) is 43.4 Å². The van der Waals surface area contributed by atoms with Gasteiger partial charge in [-0.15, -0.1) is 0 Å². The van der Waals surface area contributed by atoms with Crippen LogP contribution >= 0.6 is 0 Å². The molecule has 5 heteroatoms. The molecule has 0 aliphatic carbocycles. The molecule has 23 heavy (non-hydrogen) atoms. The van der Waals surface area contributed by atoms with Crippen molar-refractivity contribution in [3.63, 3.8) is 0 Å². The maximum absolute atomic E-state index is 13.3. The number of rotatable bonds is 3. The van der Waals surface area contributed by atoms with Crippen LogP contribution in [-0.4, -0.2) is 39.1 Å². The van der Waals surface area contributed by atoms with E-state index >= 15 is 0 Å². The number of carbonyl (C=O) groups is 1. The number of likely N-dealkylation sites (N-methyl/N-ethyl adjacent to an activating group) is 1. The van der Waals surface area contributed by atoms with Gasteiger partial charge < -0.3 is 15.1 Å². The van der Waals surface area contributed by atoms with Crippen molar-refractivity contribution >= 4 is 17.3 Å². The lowest BCUT2D eigenvalue weighted by atomic mass is 10.1. The fourth-order valence-corrected chi connectivity index (χ4v) is 2.81. The van der Waals surface area contributed by atoms with Crippen molar-refractivity contribution < 1.29 is 14.1 Å². The number of piperazine rings is 1. The van der Waals surface area contributed by atoms with Crippen LogP contribution in [0.15, 0.2) is 48.5 Å². The first kappa shape index (κ1) is 15.5.